The van der Waals surface area contributed by atoms with Gasteiger partial charge in [0.15, 0.2) is 17.0 Å². The van der Waals surface area contributed by atoms with Gasteiger partial charge in [0.05, 0.1) is 17.6 Å². The number of anilines is 1. The van der Waals surface area contributed by atoms with Crippen LogP contribution in [-0.2, 0) is 10.1 Å². The molecule has 0 unspecified atom stereocenters. The Balaban J connectivity index is 0.000000461. The predicted octanol–water partition coefficient (Wildman–Crippen LogP) is 2.25. The van der Waals surface area contributed by atoms with E-state index in [-0.39, 0.29) is 17.3 Å². The van der Waals surface area contributed by atoms with Crippen molar-refractivity contribution in [2.24, 2.45) is 0 Å². The summed E-state index contributed by atoms with van der Waals surface area (Å²) in [4.78, 5) is 17.2. The summed E-state index contributed by atoms with van der Waals surface area (Å²) in [5.41, 5.74) is 9.00. The monoisotopic (exact) mass is 427 g/mol. The Labute approximate surface area is 171 Å². The number of aromatic hydroxyl groups is 2. The molecule has 4 aromatic rings. The molecule has 0 saturated heterocycles. The van der Waals surface area contributed by atoms with E-state index < -0.39 is 10.1 Å². The number of phenolic OH excluding ortho intramolecular Hbond substituents is 2. The van der Waals surface area contributed by atoms with Crippen LogP contribution in [-0.4, -0.2) is 49.4 Å². The number of hydrogen-bond acceptors (Lipinski definition) is 9. The van der Waals surface area contributed by atoms with Gasteiger partial charge in [0, 0.05) is 11.1 Å². The Hall–Kier alpha value is -3.83. The average molecular weight is 427 g/mol. The molecule has 2 aromatic heterocycles. The summed E-state index contributed by atoms with van der Waals surface area (Å²) in [6, 6.07) is 13.4. The number of nitrogens with two attached hydrogens (primary N) is 1. The lowest BCUT2D eigenvalue weighted by molar-refractivity contribution is 0.475. The van der Waals surface area contributed by atoms with Gasteiger partial charge in [0.2, 0.25) is 0 Å². The maximum Gasteiger partial charge on any atom is 0.261 e. The molecule has 11 heteroatoms. The van der Waals surface area contributed by atoms with Gasteiger partial charge in [-0.25, -0.2) is 19.9 Å². The zero-order chi connectivity index (χ0) is 21.9. The van der Waals surface area contributed by atoms with Gasteiger partial charge < -0.3 is 15.9 Å². The molecule has 4 rings (SSSR count). The number of rotatable bonds is 2. The third-order valence-corrected chi connectivity index (χ3v) is 3.74. The minimum Gasteiger partial charge on any atom is -0.508 e. The van der Waals surface area contributed by atoms with Gasteiger partial charge in [0.1, 0.15) is 17.8 Å². The van der Waals surface area contributed by atoms with Gasteiger partial charge in [0.25, 0.3) is 10.1 Å². The second-order valence-electron chi connectivity index (χ2n) is 6.19. The van der Waals surface area contributed by atoms with E-state index in [9.17, 15) is 18.6 Å². The Morgan fingerprint density at radius 3 is 1.87 bits per heavy atom. The van der Waals surface area contributed by atoms with Crippen LogP contribution in [0.2, 0.25) is 0 Å². The van der Waals surface area contributed by atoms with Crippen molar-refractivity contribution in [3.8, 4) is 34.0 Å². The van der Waals surface area contributed by atoms with Crippen molar-refractivity contribution in [1.29, 1.82) is 0 Å². The standard InChI is InChI=1S/C18H13N5O2.CH4O3S/c19-17-16-18(21-9-20-17)23-15(11-4-2-6-13(25)8-11)14(22-16)10-3-1-5-12(24)7-10;1-5(2,3)4/h1-9,24-25H,(H2,19,20,21,23);1H3,(H,2,3,4). The molecular weight excluding hydrogens is 410 g/mol. The highest BCUT2D eigenvalue weighted by Gasteiger charge is 2.16. The Morgan fingerprint density at radius 1 is 0.867 bits per heavy atom. The fourth-order valence-electron chi connectivity index (χ4n) is 2.60. The molecule has 0 amide bonds. The number of nitrogen functional groups attached to an aromatic ring is 1. The van der Waals surface area contributed by atoms with Crippen LogP contribution in [0, 0.1) is 0 Å². The summed E-state index contributed by atoms with van der Waals surface area (Å²) in [5.74, 6) is 0.448. The number of hydrogen-bond donors (Lipinski definition) is 4. The molecule has 5 N–H and O–H groups in total. The van der Waals surface area contributed by atoms with Gasteiger partial charge in [-0.15, -0.1) is 0 Å². The Kier molecular flexibility index (Phi) is 5.76. The summed E-state index contributed by atoms with van der Waals surface area (Å²) < 4.78 is 25.9. The van der Waals surface area contributed by atoms with Crippen molar-refractivity contribution in [2.75, 3.05) is 12.0 Å². The lowest BCUT2D eigenvalue weighted by Crippen LogP contribution is -2.01. The minimum absolute atomic E-state index is 0.110. The van der Waals surface area contributed by atoms with Crippen LogP contribution in [0.5, 0.6) is 11.5 Å². The maximum atomic E-state index is 9.81. The van der Waals surface area contributed by atoms with E-state index >= 15 is 0 Å². The lowest BCUT2D eigenvalue weighted by Gasteiger charge is -2.11. The van der Waals surface area contributed by atoms with E-state index in [1.54, 1.807) is 36.4 Å². The van der Waals surface area contributed by atoms with E-state index in [2.05, 4.69) is 19.9 Å². The maximum absolute atomic E-state index is 9.81. The number of benzene rings is 2. The highest BCUT2D eigenvalue weighted by Crippen LogP contribution is 2.33. The van der Waals surface area contributed by atoms with Crippen molar-refractivity contribution >= 4 is 27.1 Å². The molecule has 0 bridgehead atoms. The van der Waals surface area contributed by atoms with Crippen LogP contribution >= 0.6 is 0 Å². The van der Waals surface area contributed by atoms with E-state index in [1.807, 2.05) is 12.1 Å². The molecular formula is C19H17N5O5S. The van der Waals surface area contributed by atoms with Gasteiger partial charge in [-0.3, -0.25) is 4.55 Å². The quantitative estimate of drug-likeness (QED) is 0.347. The van der Waals surface area contributed by atoms with Gasteiger partial charge >= 0.3 is 0 Å². The van der Waals surface area contributed by atoms with Crippen LogP contribution in [0.15, 0.2) is 54.9 Å². The summed E-state index contributed by atoms with van der Waals surface area (Å²) in [6.45, 7) is 0. The normalized spacial score (nSPS) is 11.0. The largest absolute Gasteiger partial charge is 0.508 e. The summed E-state index contributed by atoms with van der Waals surface area (Å²) >= 11 is 0. The zero-order valence-electron chi connectivity index (χ0n) is 15.6. The summed E-state index contributed by atoms with van der Waals surface area (Å²) in [7, 11) is -3.67. The third-order valence-electron chi connectivity index (χ3n) is 3.74. The van der Waals surface area contributed by atoms with Crippen LogP contribution in [0.25, 0.3) is 33.7 Å². The molecule has 0 spiro atoms. The van der Waals surface area contributed by atoms with Crippen molar-refractivity contribution in [3.05, 3.63) is 54.9 Å². The van der Waals surface area contributed by atoms with E-state index in [1.165, 1.54) is 6.33 Å². The smallest absolute Gasteiger partial charge is 0.261 e. The summed E-state index contributed by atoms with van der Waals surface area (Å²) in [6.07, 6.45) is 2.04. The van der Waals surface area contributed by atoms with E-state index in [0.717, 1.165) is 0 Å². The molecule has 0 saturated carbocycles. The topological polar surface area (TPSA) is 172 Å². The number of nitrogens with zero attached hydrogens (tertiary/aromatic N) is 4. The number of aromatic nitrogens is 4. The molecule has 0 aliphatic rings. The first-order valence-corrected chi connectivity index (χ1v) is 10.3. The average Bonchev–Trinajstić information content (AvgIpc) is 2.66. The first-order valence-electron chi connectivity index (χ1n) is 8.41. The van der Waals surface area contributed by atoms with Crippen LogP contribution < -0.4 is 5.73 Å². The SMILES string of the molecule is CS(=O)(=O)O.Nc1ncnc2nc(-c3cccc(O)c3)c(-c3cccc(O)c3)nc12. The fraction of sp³-hybridized carbons (Fsp3) is 0.0526. The predicted molar refractivity (Wildman–Crippen MR) is 111 cm³/mol. The molecule has 0 radical (unpaired) electrons. The molecule has 0 atom stereocenters. The molecule has 10 nitrogen and oxygen atoms in total. The van der Waals surface area contributed by atoms with Gasteiger partial charge in [-0.05, 0) is 24.3 Å². The highest BCUT2D eigenvalue weighted by molar-refractivity contribution is 7.85. The van der Waals surface area contributed by atoms with Crippen molar-refractivity contribution in [1.82, 2.24) is 19.9 Å². The van der Waals surface area contributed by atoms with Crippen LogP contribution in [0.4, 0.5) is 5.82 Å². The Bertz CT molecular complexity index is 1320. The molecule has 30 heavy (non-hydrogen) atoms. The van der Waals surface area contributed by atoms with Crippen LogP contribution in [0.1, 0.15) is 0 Å². The molecule has 0 fully saturated rings. The van der Waals surface area contributed by atoms with Crippen molar-refractivity contribution in [3.63, 3.8) is 0 Å². The molecule has 0 aliphatic carbocycles. The highest BCUT2D eigenvalue weighted by atomic mass is 32.2. The first kappa shape index (κ1) is 20.9. The minimum atomic E-state index is -3.67. The lowest BCUT2D eigenvalue weighted by atomic mass is 10.0. The fourth-order valence-corrected chi connectivity index (χ4v) is 2.60. The Morgan fingerprint density at radius 2 is 1.37 bits per heavy atom. The number of fused-ring (bicyclic) bond motifs is 1. The van der Waals surface area contributed by atoms with E-state index in [4.69, 9.17) is 10.3 Å². The third kappa shape index (κ3) is 5.16. The van der Waals surface area contributed by atoms with E-state index in [0.29, 0.717) is 39.9 Å². The first-order chi connectivity index (χ1) is 14.1. The van der Waals surface area contributed by atoms with Crippen LogP contribution in [0.3, 0.4) is 0 Å². The molecule has 2 aromatic carbocycles. The second kappa shape index (κ2) is 8.27. The van der Waals surface area contributed by atoms with Crippen molar-refractivity contribution < 1.29 is 23.2 Å². The summed E-state index contributed by atoms with van der Waals surface area (Å²) in [5, 5.41) is 19.6. The van der Waals surface area contributed by atoms with Gasteiger partial charge in [-0.1, -0.05) is 24.3 Å². The molecule has 2 heterocycles. The van der Waals surface area contributed by atoms with Gasteiger partial charge in [-0.2, -0.15) is 8.42 Å². The molecule has 0 aliphatic heterocycles. The molecule has 154 valence electrons. The zero-order valence-corrected chi connectivity index (χ0v) is 16.4. The second-order valence-corrected chi connectivity index (χ2v) is 7.65. The number of phenols is 2. The van der Waals surface area contributed by atoms with Crippen molar-refractivity contribution in [2.45, 2.75) is 0 Å².